The molecule has 0 aromatic heterocycles. The van der Waals surface area contributed by atoms with Gasteiger partial charge in [-0.1, -0.05) is 43.4 Å². The molecule has 2 rings (SSSR count). The van der Waals surface area contributed by atoms with Crippen LogP contribution in [0.1, 0.15) is 59.3 Å². The molecule has 4 unspecified atom stereocenters. The summed E-state index contributed by atoms with van der Waals surface area (Å²) in [5.41, 5.74) is 0.369. The Labute approximate surface area is 119 Å². The third-order valence-electron chi connectivity index (χ3n) is 4.68. The minimum absolute atomic E-state index is 0.217. The van der Waals surface area contributed by atoms with Crippen molar-refractivity contribution in [3.05, 3.63) is 0 Å². The van der Waals surface area contributed by atoms with Gasteiger partial charge in [-0.05, 0) is 49.4 Å². The number of fused-ring (bicyclic) bond motifs is 2. The van der Waals surface area contributed by atoms with Crippen LogP contribution in [0.5, 0.6) is 0 Å². The first-order valence-corrected chi connectivity index (χ1v) is 8.31. The zero-order chi connectivity index (χ0) is 12.6. The van der Waals surface area contributed by atoms with Crippen LogP contribution < -0.4 is 0 Å². The van der Waals surface area contributed by atoms with Gasteiger partial charge in [-0.2, -0.15) is 0 Å². The largest absolute Gasteiger partial charge is 0.299 e. The van der Waals surface area contributed by atoms with Crippen molar-refractivity contribution in [2.75, 3.05) is 0 Å². The number of Topliss-reactive ketones (excluding diaryl/α,β-unsaturated/α-hetero) is 1. The monoisotopic (exact) mass is 348 g/mol. The van der Waals surface area contributed by atoms with Gasteiger partial charge in [0, 0.05) is 16.3 Å². The topological polar surface area (TPSA) is 17.1 Å². The second kappa shape index (κ2) is 5.18. The molecule has 2 saturated carbocycles. The lowest BCUT2D eigenvalue weighted by molar-refractivity contribution is -0.126. The van der Waals surface area contributed by atoms with Crippen molar-refractivity contribution < 1.29 is 4.79 Å². The number of ketones is 1. The fraction of sp³-hybridized carbons (Fsp3) is 0.933. The SMILES string of the molecule is CC1CC2CC(I)CC(CC(=O)C(C)C)(C1)C2. The summed E-state index contributed by atoms with van der Waals surface area (Å²) in [5, 5.41) is 0. The van der Waals surface area contributed by atoms with E-state index < -0.39 is 0 Å². The average molecular weight is 348 g/mol. The van der Waals surface area contributed by atoms with E-state index in [-0.39, 0.29) is 5.92 Å². The zero-order valence-corrected chi connectivity index (χ0v) is 13.5. The molecule has 0 heterocycles. The summed E-state index contributed by atoms with van der Waals surface area (Å²) in [6.45, 7) is 6.48. The van der Waals surface area contributed by atoms with Crippen LogP contribution in [0.2, 0.25) is 0 Å². The first-order valence-electron chi connectivity index (χ1n) is 7.07. The maximum Gasteiger partial charge on any atom is 0.135 e. The number of rotatable bonds is 3. The van der Waals surface area contributed by atoms with Crippen LogP contribution in [0.15, 0.2) is 0 Å². The van der Waals surface area contributed by atoms with Gasteiger partial charge >= 0.3 is 0 Å². The molecule has 0 spiro atoms. The third-order valence-corrected chi connectivity index (χ3v) is 5.62. The first kappa shape index (κ1) is 13.8. The Kier molecular flexibility index (Phi) is 4.21. The Morgan fingerprint density at radius 1 is 1.29 bits per heavy atom. The molecule has 0 N–H and O–H groups in total. The van der Waals surface area contributed by atoms with Crippen molar-refractivity contribution >= 4 is 28.4 Å². The fourth-order valence-electron chi connectivity index (χ4n) is 4.22. The van der Waals surface area contributed by atoms with Gasteiger partial charge in [0.15, 0.2) is 0 Å². The summed E-state index contributed by atoms with van der Waals surface area (Å²) >= 11 is 2.61. The van der Waals surface area contributed by atoms with E-state index in [0.29, 0.717) is 11.2 Å². The van der Waals surface area contributed by atoms with Gasteiger partial charge in [0.25, 0.3) is 0 Å². The van der Waals surface area contributed by atoms with Crippen molar-refractivity contribution in [1.82, 2.24) is 0 Å². The molecule has 0 aliphatic heterocycles. The smallest absolute Gasteiger partial charge is 0.135 e. The normalized spacial score (nSPS) is 41.6. The molecule has 17 heavy (non-hydrogen) atoms. The highest BCUT2D eigenvalue weighted by Gasteiger charge is 2.45. The Balaban J connectivity index is 2.11. The van der Waals surface area contributed by atoms with Crippen molar-refractivity contribution in [2.45, 2.75) is 63.2 Å². The van der Waals surface area contributed by atoms with Gasteiger partial charge in [0.2, 0.25) is 0 Å². The molecule has 2 bridgehead atoms. The van der Waals surface area contributed by atoms with Crippen LogP contribution in [-0.2, 0) is 4.79 Å². The molecule has 2 aliphatic carbocycles. The van der Waals surface area contributed by atoms with E-state index in [2.05, 4.69) is 29.5 Å². The van der Waals surface area contributed by atoms with Crippen LogP contribution in [0.3, 0.4) is 0 Å². The summed E-state index contributed by atoms with van der Waals surface area (Å²) in [4.78, 5) is 12.1. The lowest BCUT2D eigenvalue weighted by Gasteiger charge is -2.49. The van der Waals surface area contributed by atoms with E-state index >= 15 is 0 Å². The molecule has 4 atom stereocenters. The van der Waals surface area contributed by atoms with Crippen LogP contribution in [0.25, 0.3) is 0 Å². The molecule has 0 amide bonds. The van der Waals surface area contributed by atoms with Gasteiger partial charge in [0.1, 0.15) is 5.78 Å². The Bertz CT molecular complexity index is 278. The predicted molar refractivity (Wildman–Crippen MR) is 80.4 cm³/mol. The molecular weight excluding hydrogens is 323 g/mol. The van der Waals surface area contributed by atoms with E-state index in [4.69, 9.17) is 0 Å². The number of carbonyl (C=O) groups excluding carboxylic acids is 1. The Morgan fingerprint density at radius 2 is 2.00 bits per heavy atom. The van der Waals surface area contributed by atoms with Crippen molar-refractivity contribution in [3.8, 4) is 0 Å². The standard InChI is InChI=1S/C15H25IO/c1-10(2)14(17)9-15-6-11(3)4-12(7-15)5-13(16)8-15/h10-13H,4-9H2,1-3H3. The average Bonchev–Trinajstić information content (AvgIpc) is 2.13. The molecular formula is C15H25IO. The second-order valence-corrected chi connectivity index (χ2v) is 8.71. The number of hydrogen-bond donors (Lipinski definition) is 0. The van der Waals surface area contributed by atoms with Gasteiger partial charge < -0.3 is 0 Å². The highest BCUT2D eigenvalue weighted by molar-refractivity contribution is 14.1. The molecule has 0 saturated heterocycles. The van der Waals surface area contributed by atoms with Crippen LogP contribution in [0, 0.1) is 23.2 Å². The van der Waals surface area contributed by atoms with E-state index in [9.17, 15) is 4.79 Å². The van der Waals surface area contributed by atoms with Crippen LogP contribution in [0.4, 0.5) is 0 Å². The quantitative estimate of drug-likeness (QED) is 0.537. The van der Waals surface area contributed by atoms with Gasteiger partial charge in [-0.25, -0.2) is 0 Å². The Hall–Kier alpha value is 0.400. The zero-order valence-electron chi connectivity index (χ0n) is 11.3. The van der Waals surface area contributed by atoms with Crippen molar-refractivity contribution in [1.29, 1.82) is 0 Å². The van der Waals surface area contributed by atoms with Crippen molar-refractivity contribution in [3.63, 3.8) is 0 Å². The highest BCUT2D eigenvalue weighted by atomic mass is 127. The van der Waals surface area contributed by atoms with E-state index in [1.54, 1.807) is 0 Å². The number of halogens is 1. The summed E-state index contributed by atoms with van der Waals surface area (Å²) in [7, 11) is 0. The molecule has 2 heteroatoms. The summed E-state index contributed by atoms with van der Waals surface area (Å²) in [6, 6.07) is 0. The van der Waals surface area contributed by atoms with E-state index in [1.165, 1.54) is 32.1 Å². The minimum atomic E-state index is 0.217. The third kappa shape index (κ3) is 3.24. The Morgan fingerprint density at radius 3 is 2.65 bits per heavy atom. The van der Waals surface area contributed by atoms with Crippen LogP contribution >= 0.6 is 22.6 Å². The summed E-state index contributed by atoms with van der Waals surface area (Å²) < 4.78 is 0.804. The highest BCUT2D eigenvalue weighted by Crippen LogP contribution is 2.54. The van der Waals surface area contributed by atoms with E-state index in [0.717, 1.165) is 22.2 Å². The fourth-order valence-corrected chi connectivity index (χ4v) is 5.88. The number of alkyl halides is 1. The van der Waals surface area contributed by atoms with Gasteiger partial charge in [-0.15, -0.1) is 0 Å². The molecule has 0 aromatic carbocycles. The molecule has 2 fully saturated rings. The first-order chi connectivity index (χ1) is 7.90. The predicted octanol–water partition coefficient (Wildman–Crippen LogP) is 4.62. The maximum atomic E-state index is 12.1. The van der Waals surface area contributed by atoms with Crippen LogP contribution in [-0.4, -0.2) is 9.71 Å². The number of carbonyl (C=O) groups is 1. The summed E-state index contributed by atoms with van der Waals surface area (Å²) in [5.74, 6) is 2.44. The summed E-state index contributed by atoms with van der Waals surface area (Å²) in [6.07, 6.45) is 7.55. The molecule has 1 nitrogen and oxygen atoms in total. The lowest BCUT2D eigenvalue weighted by Crippen LogP contribution is -2.41. The lowest BCUT2D eigenvalue weighted by atomic mass is 9.57. The second-order valence-electron chi connectivity index (χ2n) is 6.95. The number of hydrogen-bond acceptors (Lipinski definition) is 1. The molecule has 0 radical (unpaired) electrons. The molecule has 98 valence electrons. The maximum absolute atomic E-state index is 12.1. The molecule has 2 aliphatic rings. The van der Waals surface area contributed by atoms with E-state index in [1.807, 2.05) is 13.8 Å². The van der Waals surface area contributed by atoms with Crippen molar-refractivity contribution in [2.24, 2.45) is 23.2 Å². The minimum Gasteiger partial charge on any atom is -0.299 e. The van der Waals surface area contributed by atoms with Gasteiger partial charge in [0.05, 0.1) is 0 Å². The molecule has 0 aromatic rings. The van der Waals surface area contributed by atoms with Gasteiger partial charge in [-0.3, -0.25) is 4.79 Å².